The molecule has 0 unspecified atom stereocenters. The first-order valence-electron chi connectivity index (χ1n) is 5.82. The van der Waals surface area contributed by atoms with E-state index in [0.717, 1.165) is 0 Å². The number of nitrogens with zero attached hydrogens (tertiary/aromatic N) is 1. The molecule has 2 amide bonds. The molecule has 0 saturated heterocycles. The second-order valence-corrected chi connectivity index (χ2v) is 4.32. The van der Waals surface area contributed by atoms with E-state index in [9.17, 15) is 19.7 Å². The van der Waals surface area contributed by atoms with Gasteiger partial charge in [-0.3, -0.25) is 14.9 Å². The number of benzene rings is 1. The summed E-state index contributed by atoms with van der Waals surface area (Å²) in [5, 5.41) is 13.5. The van der Waals surface area contributed by atoms with E-state index >= 15 is 0 Å². The number of hydrogen-bond acceptors (Lipinski definition) is 5. The molecule has 8 nitrogen and oxygen atoms in total. The van der Waals surface area contributed by atoms with Crippen molar-refractivity contribution in [2.45, 2.75) is 20.5 Å². The molecule has 3 N–H and O–H groups in total. The van der Waals surface area contributed by atoms with Gasteiger partial charge in [-0.2, -0.15) is 0 Å². The maximum atomic E-state index is 11.7. The Morgan fingerprint density at radius 1 is 1.45 bits per heavy atom. The van der Waals surface area contributed by atoms with Crippen LogP contribution in [0, 0.1) is 16.0 Å². The Kier molecular flexibility index (Phi) is 5.01. The molecule has 0 radical (unpaired) electrons. The maximum Gasteiger partial charge on any atom is 0.404 e. The van der Waals surface area contributed by atoms with E-state index < -0.39 is 11.0 Å². The Bertz CT molecular complexity index is 542. The number of nitro groups is 1. The molecule has 20 heavy (non-hydrogen) atoms. The van der Waals surface area contributed by atoms with Crippen LogP contribution in [-0.2, 0) is 16.1 Å². The molecular formula is C12H15N3O5. The van der Waals surface area contributed by atoms with Gasteiger partial charge in [-0.15, -0.1) is 0 Å². The average molecular weight is 281 g/mol. The van der Waals surface area contributed by atoms with Crippen LogP contribution in [0.4, 0.5) is 16.2 Å². The zero-order chi connectivity index (χ0) is 15.3. The number of carbonyl (C=O) groups is 2. The van der Waals surface area contributed by atoms with Crippen molar-refractivity contribution in [2.24, 2.45) is 11.7 Å². The first-order chi connectivity index (χ1) is 9.32. The van der Waals surface area contributed by atoms with Gasteiger partial charge in [0.05, 0.1) is 4.92 Å². The van der Waals surface area contributed by atoms with E-state index in [1.165, 1.54) is 18.2 Å². The average Bonchev–Trinajstić information content (AvgIpc) is 2.36. The fourth-order valence-corrected chi connectivity index (χ4v) is 1.42. The summed E-state index contributed by atoms with van der Waals surface area (Å²) < 4.78 is 4.61. The van der Waals surface area contributed by atoms with Gasteiger partial charge in [0.15, 0.2) is 0 Å². The number of rotatable bonds is 5. The summed E-state index contributed by atoms with van der Waals surface area (Å²) in [6, 6.07) is 4.19. The summed E-state index contributed by atoms with van der Waals surface area (Å²) in [5.41, 5.74) is 4.89. The van der Waals surface area contributed by atoms with E-state index in [4.69, 9.17) is 5.73 Å². The lowest BCUT2D eigenvalue weighted by molar-refractivity contribution is -0.384. The van der Waals surface area contributed by atoms with Crippen LogP contribution in [0.3, 0.4) is 0 Å². The van der Waals surface area contributed by atoms with Crippen molar-refractivity contribution in [3.8, 4) is 0 Å². The lowest BCUT2D eigenvalue weighted by atomic mass is 10.1. The van der Waals surface area contributed by atoms with Crippen LogP contribution in [0.2, 0.25) is 0 Å². The molecule has 1 aromatic carbocycles. The van der Waals surface area contributed by atoms with Gasteiger partial charge in [0.2, 0.25) is 5.91 Å². The van der Waals surface area contributed by atoms with Crippen LogP contribution in [-0.4, -0.2) is 16.9 Å². The van der Waals surface area contributed by atoms with Crippen molar-refractivity contribution in [3.63, 3.8) is 0 Å². The summed E-state index contributed by atoms with van der Waals surface area (Å²) in [5.74, 6) is -0.723. The molecule has 0 saturated carbocycles. The Morgan fingerprint density at radius 2 is 2.10 bits per heavy atom. The zero-order valence-electron chi connectivity index (χ0n) is 11.1. The number of nitrogens with one attached hydrogen (secondary N) is 1. The number of ether oxygens (including phenoxy) is 1. The van der Waals surface area contributed by atoms with Gasteiger partial charge in [0.1, 0.15) is 12.3 Å². The third-order valence-corrected chi connectivity index (χ3v) is 2.47. The number of para-hydroxylation sites is 1. The van der Waals surface area contributed by atoms with Crippen LogP contribution in [0.25, 0.3) is 0 Å². The number of hydrogen-bond donors (Lipinski definition) is 2. The van der Waals surface area contributed by atoms with Crippen LogP contribution in [0.15, 0.2) is 18.2 Å². The lowest BCUT2D eigenvalue weighted by Gasteiger charge is -2.12. The molecule has 0 bridgehead atoms. The molecular weight excluding hydrogens is 266 g/mol. The molecule has 0 aliphatic rings. The molecule has 0 spiro atoms. The molecule has 0 atom stereocenters. The lowest BCUT2D eigenvalue weighted by Crippen LogP contribution is -2.20. The summed E-state index contributed by atoms with van der Waals surface area (Å²) in [7, 11) is 0. The smallest absolute Gasteiger partial charge is 0.404 e. The maximum absolute atomic E-state index is 11.7. The van der Waals surface area contributed by atoms with Crippen molar-refractivity contribution in [3.05, 3.63) is 33.9 Å². The quantitative estimate of drug-likeness (QED) is 0.628. The highest BCUT2D eigenvalue weighted by atomic mass is 16.6. The molecule has 0 aromatic heterocycles. The molecule has 108 valence electrons. The Labute approximate surface area is 115 Å². The fraction of sp³-hybridized carbons (Fsp3) is 0.333. The van der Waals surface area contributed by atoms with E-state index in [-0.39, 0.29) is 29.8 Å². The van der Waals surface area contributed by atoms with E-state index in [1.54, 1.807) is 13.8 Å². The summed E-state index contributed by atoms with van der Waals surface area (Å²) in [6.45, 7) is 3.05. The molecule has 0 heterocycles. The number of nitrogens with two attached hydrogens (primary N) is 1. The highest BCUT2D eigenvalue weighted by Crippen LogP contribution is 2.29. The van der Waals surface area contributed by atoms with Gasteiger partial charge < -0.3 is 15.8 Å². The topological polar surface area (TPSA) is 125 Å². The van der Waals surface area contributed by atoms with Crippen molar-refractivity contribution in [1.82, 2.24) is 0 Å². The summed E-state index contributed by atoms with van der Waals surface area (Å²) in [6.07, 6.45) is -1.00. The normalized spacial score (nSPS) is 10.2. The van der Waals surface area contributed by atoms with Gasteiger partial charge in [0.25, 0.3) is 5.69 Å². The summed E-state index contributed by atoms with van der Waals surface area (Å²) >= 11 is 0. The minimum Gasteiger partial charge on any atom is -0.445 e. The van der Waals surface area contributed by atoms with Crippen LogP contribution in [0.1, 0.15) is 19.4 Å². The van der Waals surface area contributed by atoms with Crippen LogP contribution >= 0.6 is 0 Å². The number of nitro benzene ring substituents is 1. The van der Waals surface area contributed by atoms with E-state index in [1.807, 2.05) is 0 Å². The highest BCUT2D eigenvalue weighted by molar-refractivity contribution is 5.95. The molecule has 0 aliphatic carbocycles. The predicted octanol–water partition coefficient (Wildman–Crippen LogP) is 1.78. The van der Waals surface area contributed by atoms with E-state index in [2.05, 4.69) is 10.1 Å². The first kappa shape index (κ1) is 15.4. The fourth-order valence-electron chi connectivity index (χ4n) is 1.42. The Hall–Kier alpha value is -2.64. The van der Waals surface area contributed by atoms with Crippen molar-refractivity contribution in [1.29, 1.82) is 0 Å². The van der Waals surface area contributed by atoms with Gasteiger partial charge in [-0.05, 0) is 0 Å². The number of amides is 2. The predicted molar refractivity (Wildman–Crippen MR) is 70.9 cm³/mol. The largest absolute Gasteiger partial charge is 0.445 e. The third kappa shape index (κ3) is 3.94. The van der Waals surface area contributed by atoms with E-state index in [0.29, 0.717) is 5.56 Å². The third-order valence-electron chi connectivity index (χ3n) is 2.47. The SMILES string of the molecule is CC(C)C(=O)Nc1c(COC(N)=O)cccc1[N+](=O)[O-]. The second kappa shape index (κ2) is 6.50. The Morgan fingerprint density at radius 3 is 2.60 bits per heavy atom. The first-order valence-corrected chi connectivity index (χ1v) is 5.82. The van der Waals surface area contributed by atoms with Gasteiger partial charge >= 0.3 is 6.09 Å². The highest BCUT2D eigenvalue weighted by Gasteiger charge is 2.21. The van der Waals surface area contributed by atoms with Crippen molar-refractivity contribution < 1.29 is 19.2 Å². The van der Waals surface area contributed by atoms with Gasteiger partial charge in [-0.25, -0.2) is 4.79 Å². The van der Waals surface area contributed by atoms with Crippen LogP contribution < -0.4 is 11.1 Å². The zero-order valence-corrected chi connectivity index (χ0v) is 11.1. The Balaban J connectivity index is 3.15. The van der Waals surface area contributed by atoms with Gasteiger partial charge in [-0.1, -0.05) is 26.0 Å². The van der Waals surface area contributed by atoms with Crippen molar-refractivity contribution >= 4 is 23.4 Å². The minimum atomic E-state index is -1.00. The molecule has 8 heteroatoms. The monoisotopic (exact) mass is 281 g/mol. The van der Waals surface area contributed by atoms with Crippen LogP contribution in [0.5, 0.6) is 0 Å². The second-order valence-electron chi connectivity index (χ2n) is 4.32. The number of anilines is 1. The minimum absolute atomic E-state index is 0.0115. The van der Waals surface area contributed by atoms with Gasteiger partial charge in [0, 0.05) is 17.5 Å². The molecule has 0 fully saturated rings. The summed E-state index contributed by atoms with van der Waals surface area (Å²) in [4.78, 5) is 32.7. The standard InChI is InChI=1S/C12H15N3O5/c1-7(2)11(16)14-10-8(6-20-12(13)17)4-3-5-9(10)15(18)19/h3-5,7H,6H2,1-2H3,(H2,13,17)(H,14,16). The number of primary amides is 1. The number of carbonyl (C=O) groups excluding carboxylic acids is 2. The molecule has 1 aromatic rings. The van der Waals surface area contributed by atoms with Crippen molar-refractivity contribution in [2.75, 3.05) is 5.32 Å². The molecule has 0 aliphatic heterocycles. The molecule has 1 rings (SSSR count).